The first-order chi connectivity index (χ1) is 22.4. The highest BCUT2D eigenvalue weighted by Crippen LogP contribution is 2.48. The normalized spacial score (nSPS) is 14.7. The number of carbonyl (C=O) groups is 3. The minimum atomic E-state index is -0.613. The van der Waals surface area contributed by atoms with Gasteiger partial charge in [0.05, 0.1) is 16.1 Å². The van der Waals surface area contributed by atoms with Crippen LogP contribution in [0.15, 0.2) is 60.0 Å². The molecular weight excluding hydrogens is 636 g/mol. The number of aromatic hydroxyl groups is 1. The van der Waals surface area contributed by atoms with Crippen LogP contribution in [0.5, 0.6) is 5.75 Å². The van der Waals surface area contributed by atoms with E-state index in [1.807, 2.05) is 36.6 Å². The number of thiophene rings is 1. The second-order valence-electron chi connectivity index (χ2n) is 13.0. The second kappa shape index (κ2) is 11.5. The van der Waals surface area contributed by atoms with Crippen LogP contribution < -0.4 is 10.2 Å². The third-order valence-corrected chi connectivity index (χ3v) is 9.90. The number of alkyl halides is 1. The summed E-state index contributed by atoms with van der Waals surface area (Å²) in [6, 6.07) is 16.3. The molecule has 7 rings (SSSR count). The van der Waals surface area contributed by atoms with Gasteiger partial charge in [-0.2, -0.15) is 0 Å². The number of rotatable bonds is 6. The molecule has 240 valence electrons. The van der Waals surface area contributed by atoms with Crippen LogP contribution >= 0.6 is 22.9 Å². The maximum Gasteiger partial charge on any atom is 0.412 e. The van der Waals surface area contributed by atoms with E-state index in [9.17, 15) is 19.5 Å². The number of aromatic amines is 2. The van der Waals surface area contributed by atoms with E-state index < -0.39 is 11.7 Å². The Hall–Kier alpha value is -4.80. The lowest BCUT2D eigenvalue weighted by Gasteiger charge is -2.19. The quantitative estimate of drug-likeness (QED) is 0.104. The van der Waals surface area contributed by atoms with Crippen LogP contribution in [-0.4, -0.2) is 50.9 Å². The average molecular weight is 669 g/mol. The second-order valence-corrected chi connectivity index (χ2v) is 14.2. The molecule has 0 unspecified atom stereocenters. The first-order valence-electron chi connectivity index (χ1n) is 15.3. The number of ketones is 1. The molecule has 0 aliphatic carbocycles. The highest BCUT2D eigenvalue weighted by molar-refractivity contribution is 7.17. The highest BCUT2D eigenvalue weighted by atomic mass is 35.5. The number of hydrogen-bond donors (Lipinski definition) is 4. The topological polar surface area (TPSA) is 128 Å². The van der Waals surface area contributed by atoms with Crippen molar-refractivity contribution in [2.24, 2.45) is 0 Å². The third kappa shape index (κ3) is 5.72. The van der Waals surface area contributed by atoms with E-state index in [1.54, 1.807) is 56.0 Å². The van der Waals surface area contributed by atoms with Crippen LogP contribution in [0.1, 0.15) is 64.4 Å². The molecule has 0 spiro atoms. The van der Waals surface area contributed by atoms with Crippen LogP contribution in [0.25, 0.3) is 31.9 Å². The van der Waals surface area contributed by atoms with Gasteiger partial charge in [-0.05, 0) is 92.2 Å². The lowest BCUT2D eigenvalue weighted by atomic mass is 9.97. The van der Waals surface area contributed by atoms with Gasteiger partial charge in [0, 0.05) is 63.7 Å². The van der Waals surface area contributed by atoms with Gasteiger partial charge in [0.2, 0.25) is 0 Å². The monoisotopic (exact) mass is 668 g/mol. The molecule has 11 heteroatoms. The molecule has 3 aromatic carbocycles. The van der Waals surface area contributed by atoms with Gasteiger partial charge < -0.3 is 24.7 Å². The number of amides is 2. The Morgan fingerprint density at radius 3 is 2.47 bits per heavy atom. The van der Waals surface area contributed by atoms with E-state index in [4.69, 9.17) is 16.3 Å². The fourth-order valence-corrected chi connectivity index (χ4v) is 7.58. The van der Waals surface area contributed by atoms with Gasteiger partial charge in [-0.1, -0.05) is 6.07 Å². The predicted octanol–water partition coefficient (Wildman–Crippen LogP) is 8.63. The third-order valence-electron chi connectivity index (χ3n) is 8.41. The number of fused-ring (bicyclic) bond motifs is 5. The molecule has 1 aliphatic heterocycles. The molecule has 4 heterocycles. The zero-order valence-corrected chi connectivity index (χ0v) is 27.9. The van der Waals surface area contributed by atoms with Crippen LogP contribution in [0.2, 0.25) is 0 Å². The number of hydrogen-bond acceptors (Lipinski definition) is 6. The van der Waals surface area contributed by atoms with Crippen molar-refractivity contribution in [3.8, 4) is 5.75 Å². The van der Waals surface area contributed by atoms with Crippen LogP contribution in [0.3, 0.4) is 0 Å². The van der Waals surface area contributed by atoms with Crippen molar-refractivity contribution < 1.29 is 24.2 Å². The molecule has 6 aromatic rings. The first-order valence-corrected chi connectivity index (χ1v) is 16.7. The molecule has 2 amide bonds. The summed E-state index contributed by atoms with van der Waals surface area (Å²) in [6.45, 7) is 7.82. The average Bonchev–Trinajstić information content (AvgIpc) is 3.79. The number of anilines is 2. The van der Waals surface area contributed by atoms with Gasteiger partial charge in [0.1, 0.15) is 17.0 Å². The number of H-pyrrole nitrogens is 2. The Labute approximate surface area is 279 Å². The summed E-state index contributed by atoms with van der Waals surface area (Å²) in [5.74, 6) is 0.161. The number of aromatic nitrogens is 2. The van der Waals surface area contributed by atoms with E-state index >= 15 is 0 Å². The summed E-state index contributed by atoms with van der Waals surface area (Å²) in [4.78, 5) is 47.5. The standard InChI is InChI=1S/C36H33ClN4O5S/c1-18-17-47-33-30(43)14-28-32(31(18)33)22(15-37)16-41(28)34(44)27-13-20-9-19(5-7-24(20)40-27)10-29(42)26-12-21-11-23(6-8-25(21)39-26)38-35(45)46-36(2,3)4/h5-9,11-14,17,22,39-40,43H,10,15-16H2,1-4H3,(H,38,45)/t22-/m0/s1. The van der Waals surface area contributed by atoms with Crippen molar-refractivity contribution in [3.63, 3.8) is 0 Å². The summed E-state index contributed by atoms with van der Waals surface area (Å²) < 4.78 is 6.14. The summed E-state index contributed by atoms with van der Waals surface area (Å²) in [5.41, 5.74) is 5.93. The molecule has 9 nitrogen and oxygen atoms in total. The van der Waals surface area contributed by atoms with Crippen molar-refractivity contribution in [1.82, 2.24) is 9.97 Å². The van der Waals surface area contributed by atoms with Gasteiger partial charge in [-0.3, -0.25) is 14.9 Å². The summed E-state index contributed by atoms with van der Waals surface area (Å²) in [6.07, 6.45) is -0.389. The number of nitrogens with one attached hydrogen (secondary N) is 3. The number of benzene rings is 3. The fraction of sp³-hybridized carbons (Fsp3) is 0.250. The zero-order chi connectivity index (χ0) is 33.2. The lowest BCUT2D eigenvalue weighted by Crippen LogP contribution is -2.30. The van der Waals surface area contributed by atoms with Gasteiger partial charge in [-0.15, -0.1) is 22.9 Å². The first kappa shape index (κ1) is 30.8. The molecule has 47 heavy (non-hydrogen) atoms. The Kier molecular flexibility index (Phi) is 7.52. The molecule has 0 bridgehead atoms. The number of Topliss-reactive ketones (excluding diaryl/α,β-unsaturated/α-hetero) is 1. The number of halogens is 1. The zero-order valence-electron chi connectivity index (χ0n) is 26.3. The van der Waals surface area contributed by atoms with Crippen molar-refractivity contribution in [3.05, 3.63) is 88.1 Å². The maximum atomic E-state index is 13.9. The van der Waals surface area contributed by atoms with E-state index in [-0.39, 0.29) is 29.8 Å². The summed E-state index contributed by atoms with van der Waals surface area (Å²) in [7, 11) is 0. The van der Waals surface area contributed by atoms with E-state index in [1.165, 1.54) is 11.3 Å². The summed E-state index contributed by atoms with van der Waals surface area (Å²) in [5, 5.41) is 18.1. The number of phenols is 1. The number of carbonyl (C=O) groups excluding carboxylic acids is 3. The van der Waals surface area contributed by atoms with Gasteiger partial charge >= 0.3 is 6.09 Å². The largest absolute Gasteiger partial charge is 0.506 e. The molecule has 0 radical (unpaired) electrons. The number of ether oxygens (including phenoxy) is 1. The van der Waals surface area contributed by atoms with Crippen LogP contribution in [0.4, 0.5) is 16.2 Å². The van der Waals surface area contributed by atoms with Crippen molar-refractivity contribution in [2.75, 3.05) is 22.6 Å². The number of phenolic OH excluding ortho intramolecular Hbond substituents is 1. The smallest absolute Gasteiger partial charge is 0.412 e. The molecule has 0 fully saturated rings. The minimum absolute atomic E-state index is 0.0496. The number of aryl methyl sites for hydroxylation is 1. The highest BCUT2D eigenvalue weighted by Gasteiger charge is 2.36. The van der Waals surface area contributed by atoms with Gasteiger partial charge in [0.15, 0.2) is 5.78 Å². The van der Waals surface area contributed by atoms with Crippen molar-refractivity contribution in [1.29, 1.82) is 0 Å². The van der Waals surface area contributed by atoms with Crippen LogP contribution in [0, 0.1) is 6.92 Å². The maximum absolute atomic E-state index is 13.9. The fourth-order valence-electron chi connectivity index (χ4n) is 6.35. The molecule has 0 saturated heterocycles. The van der Waals surface area contributed by atoms with E-state index in [0.717, 1.165) is 48.6 Å². The molecule has 1 atom stereocenters. The van der Waals surface area contributed by atoms with Crippen LogP contribution in [-0.2, 0) is 11.2 Å². The minimum Gasteiger partial charge on any atom is -0.506 e. The predicted molar refractivity (Wildman–Crippen MR) is 188 cm³/mol. The van der Waals surface area contributed by atoms with Crippen molar-refractivity contribution >= 4 is 84.0 Å². The Balaban J connectivity index is 1.10. The van der Waals surface area contributed by atoms with E-state index in [0.29, 0.717) is 35.2 Å². The lowest BCUT2D eigenvalue weighted by molar-refractivity contribution is 0.0635. The van der Waals surface area contributed by atoms with Gasteiger partial charge in [0.25, 0.3) is 5.91 Å². The molecule has 0 saturated carbocycles. The Bertz CT molecular complexity index is 2240. The van der Waals surface area contributed by atoms with E-state index in [2.05, 4.69) is 15.3 Å². The van der Waals surface area contributed by atoms with Gasteiger partial charge in [-0.25, -0.2) is 4.79 Å². The Morgan fingerprint density at radius 1 is 1.02 bits per heavy atom. The molecule has 4 N–H and O–H groups in total. The number of nitrogens with zero attached hydrogens (tertiary/aromatic N) is 1. The molecule has 3 aromatic heterocycles. The Morgan fingerprint density at radius 2 is 1.72 bits per heavy atom. The molecule has 1 aliphatic rings. The summed E-state index contributed by atoms with van der Waals surface area (Å²) >= 11 is 7.88. The van der Waals surface area contributed by atoms with Crippen molar-refractivity contribution in [2.45, 2.75) is 45.6 Å². The molecular formula is C36H33ClN4O5S. The SMILES string of the molecule is Cc1csc2c(O)cc3c(c12)[C@@H](CCl)CN3C(=O)c1cc2cc(CC(=O)c3cc4cc(NC(=O)OC(C)(C)C)ccc4[nH]3)ccc2[nH]1.